The van der Waals surface area contributed by atoms with E-state index in [9.17, 15) is 4.79 Å². The van der Waals surface area contributed by atoms with E-state index in [2.05, 4.69) is 12.6 Å². The fraction of sp³-hybridized carbons (Fsp3) is 0. The molecule has 0 fully saturated rings. The van der Waals surface area contributed by atoms with Gasteiger partial charge in [-0.05, 0) is 12.1 Å². The third-order valence-corrected chi connectivity index (χ3v) is 2.93. The first-order valence-corrected chi connectivity index (χ1v) is 5.27. The molecular formula is C10H8N2OS2. The van der Waals surface area contributed by atoms with E-state index in [-0.39, 0.29) is 5.57 Å². The van der Waals surface area contributed by atoms with E-state index in [1.807, 2.05) is 30.3 Å². The second kappa shape index (κ2) is 5.49. The Balaban J connectivity index is 2.92. The molecule has 5 heteroatoms. The summed E-state index contributed by atoms with van der Waals surface area (Å²) < 4.78 is 0.316. The molecule has 0 bridgehead atoms. The van der Waals surface area contributed by atoms with Crippen LogP contribution in [-0.2, 0) is 4.79 Å². The quantitative estimate of drug-likeness (QED) is 0.365. The number of primary amides is 1. The normalized spacial score (nSPS) is 11.5. The van der Waals surface area contributed by atoms with E-state index in [0.29, 0.717) is 4.24 Å². The highest BCUT2D eigenvalue weighted by molar-refractivity contribution is 8.15. The molecular weight excluding hydrogens is 228 g/mol. The molecule has 0 spiro atoms. The lowest BCUT2D eigenvalue weighted by molar-refractivity contribution is -0.114. The third-order valence-electron chi connectivity index (χ3n) is 1.53. The smallest absolute Gasteiger partial charge is 0.261 e. The number of thioether (sulfide) groups is 1. The monoisotopic (exact) mass is 236 g/mol. The average Bonchev–Trinajstić information content (AvgIpc) is 2.19. The summed E-state index contributed by atoms with van der Waals surface area (Å²) in [7, 11) is 0. The maximum absolute atomic E-state index is 10.8. The van der Waals surface area contributed by atoms with Gasteiger partial charge in [-0.1, -0.05) is 30.0 Å². The van der Waals surface area contributed by atoms with E-state index < -0.39 is 5.91 Å². The summed E-state index contributed by atoms with van der Waals surface area (Å²) in [5.74, 6) is -0.758. The Morgan fingerprint density at radius 2 is 2.00 bits per heavy atom. The van der Waals surface area contributed by atoms with Gasteiger partial charge in [0.25, 0.3) is 5.91 Å². The van der Waals surface area contributed by atoms with Crippen LogP contribution in [0.1, 0.15) is 0 Å². The molecule has 1 rings (SSSR count). The van der Waals surface area contributed by atoms with Crippen molar-refractivity contribution >= 4 is 30.3 Å². The first kappa shape index (κ1) is 11.7. The van der Waals surface area contributed by atoms with E-state index in [0.717, 1.165) is 4.90 Å². The summed E-state index contributed by atoms with van der Waals surface area (Å²) in [6.45, 7) is 0. The van der Waals surface area contributed by atoms with Crippen LogP contribution in [0, 0.1) is 11.3 Å². The average molecular weight is 236 g/mol. The van der Waals surface area contributed by atoms with Crippen molar-refractivity contribution in [1.29, 1.82) is 5.26 Å². The van der Waals surface area contributed by atoms with Gasteiger partial charge in [0.15, 0.2) is 0 Å². The summed E-state index contributed by atoms with van der Waals surface area (Å²) in [6.07, 6.45) is 0. The molecule has 2 N–H and O–H groups in total. The molecule has 0 saturated heterocycles. The van der Waals surface area contributed by atoms with E-state index in [1.54, 1.807) is 6.07 Å². The van der Waals surface area contributed by atoms with Gasteiger partial charge in [-0.2, -0.15) is 5.26 Å². The standard InChI is InChI=1S/C10H8N2OS2/c11-6-8(9(12)13)10(14)15-7-4-2-1-3-5-7/h1-5,14H,(H2,12,13). The van der Waals surface area contributed by atoms with Crippen molar-refractivity contribution in [2.24, 2.45) is 5.73 Å². The molecule has 0 aliphatic rings. The molecule has 0 heterocycles. The molecule has 0 aliphatic heterocycles. The van der Waals surface area contributed by atoms with Crippen molar-refractivity contribution in [1.82, 2.24) is 0 Å². The fourth-order valence-corrected chi connectivity index (χ4v) is 2.10. The molecule has 1 aromatic rings. The number of nitrogens with two attached hydrogens (primary N) is 1. The van der Waals surface area contributed by atoms with Crippen molar-refractivity contribution in [3.8, 4) is 6.07 Å². The van der Waals surface area contributed by atoms with Crippen LogP contribution in [-0.4, -0.2) is 5.91 Å². The van der Waals surface area contributed by atoms with Gasteiger partial charge in [0.2, 0.25) is 0 Å². The summed E-state index contributed by atoms with van der Waals surface area (Å²) >= 11 is 5.30. The van der Waals surface area contributed by atoms with Crippen LogP contribution in [0.15, 0.2) is 45.0 Å². The highest BCUT2D eigenvalue weighted by Crippen LogP contribution is 2.30. The maximum Gasteiger partial charge on any atom is 0.261 e. The Labute approximate surface area is 97.4 Å². The van der Waals surface area contributed by atoms with Crippen LogP contribution in [0.4, 0.5) is 0 Å². The molecule has 1 amide bonds. The zero-order valence-electron chi connectivity index (χ0n) is 7.68. The predicted molar refractivity (Wildman–Crippen MR) is 63.1 cm³/mol. The number of benzene rings is 1. The lowest BCUT2D eigenvalue weighted by Gasteiger charge is -2.01. The van der Waals surface area contributed by atoms with Crippen molar-refractivity contribution in [2.75, 3.05) is 0 Å². The Bertz CT molecular complexity index is 434. The molecule has 0 saturated carbocycles. The number of nitriles is 1. The Morgan fingerprint density at radius 3 is 2.47 bits per heavy atom. The first-order chi connectivity index (χ1) is 7.15. The Morgan fingerprint density at radius 1 is 1.40 bits per heavy atom. The second-order valence-electron chi connectivity index (χ2n) is 2.57. The van der Waals surface area contributed by atoms with Gasteiger partial charge in [0.1, 0.15) is 11.6 Å². The number of rotatable bonds is 3. The topological polar surface area (TPSA) is 66.9 Å². The minimum atomic E-state index is -0.758. The number of carbonyl (C=O) groups excluding carboxylic acids is 1. The molecule has 0 atom stereocenters. The van der Waals surface area contributed by atoms with Crippen molar-refractivity contribution in [2.45, 2.75) is 4.90 Å². The molecule has 15 heavy (non-hydrogen) atoms. The molecule has 0 aromatic heterocycles. The van der Waals surface area contributed by atoms with Gasteiger partial charge in [-0.15, -0.1) is 12.6 Å². The number of carbonyl (C=O) groups is 1. The van der Waals surface area contributed by atoms with Crippen LogP contribution in [0.2, 0.25) is 0 Å². The number of hydrogen-bond acceptors (Lipinski definition) is 4. The first-order valence-electron chi connectivity index (χ1n) is 4.01. The van der Waals surface area contributed by atoms with Gasteiger partial charge in [0.05, 0.1) is 4.24 Å². The number of nitrogens with zero attached hydrogens (tertiary/aromatic N) is 1. The largest absolute Gasteiger partial charge is 0.365 e. The molecule has 1 aromatic carbocycles. The predicted octanol–water partition coefficient (Wildman–Crippen LogP) is 1.93. The maximum atomic E-state index is 10.8. The van der Waals surface area contributed by atoms with Gasteiger partial charge in [0, 0.05) is 4.90 Å². The number of thiol groups is 1. The Hall–Kier alpha value is -1.38. The number of amides is 1. The van der Waals surface area contributed by atoms with E-state index >= 15 is 0 Å². The van der Waals surface area contributed by atoms with Gasteiger partial charge >= 0.3 is 0 Å². The van der Waals surface area contributed by atoms with Crippen LogP contribution >= 0.6 is 24.4 Å². The third kappa shape index (κ3) is 3.35. The van der Waals surface area contributed by atoms with Crippen molar-refractivity contribution in [3.63, 3.8) is 0 Å². The molecule has 0 unspecified atom stereocenters. The zero-order chi connectivity index (χ0) is 11.3. The van der Waals surface area contributed by atoms with Crippen molar-refractivity contribution < 1.29 is 4.79 Å². The minimum absolute atomic E-state index is 0.118. The molecule has 76 valence electrons. The highest BCUT2D eigenvalue weighted by Gasteiger charge is 2.10. The molecule has 3 nitrogen and oxygen atoms in total. The highest BCUT2D eigenvalue weighted by atomic mass is 32.2. The molecule has 0 aliphatic carbocycles. The minimum Gasteiger partial charge on any atom is -0.365 e. The van der Waals surface area contributed by atoms with Crippen LogP contribution < -0.4 is 5.73 Å². The molecule has 0 radical (unpaired) electrons. The van der Waals surface area contributed by atoms with Gasteiger partial charge in [-0.25, -0.2) is 0 Å². The van der Waals surface area contributed by atoms with Crippen LogP contribution in [0.5, 0.6) is 0 Å². The lowest BCUT2D eigenvalue weighted by atomic mass is 10.3. The fourth-order valence-electron chi connectivity index (χ4n) is 0.860. The van der Waals surface area contributed by atoms with E-state index in [4.69, 9.17) is 11.0 Å². The number of hydrogen-bond donors (Lipinski definition) is 2. The summed E-state index contributed by atoms with van der Waals surface area (Å²) in [6, 6.07) is 11.0. The SMILES string of the molecule is N#CC(C(N)=O)=C(S)Sc1ccccc1. The van der Waals surface area contributed by atoms with Crippen LogP contribution in [0.25, 0.3) is 0 Å². The zero-order valence-corrected chi connectivity index (χ0v) is 9.39. The summed E-state index contributed by atoms with van der Waals surface area (Å²) in [5.41, 5.74) is 4.90. The second-order valence-corrected chi connectivity index (χ2v) is 4.40. The van der Waals surface area contributed by atoms with E-state index in [1.165, 1.54) is 11.8 Å². The van der Waals surface area contributed by atoms with Crippen molar-refractivity contribution in [3.05, 3.63) is 40.1 Å². The Kier molecular flexibility index (Phi) is 4.28. The van der Waals surface area contributed by atoms with Crippen LogP contribution in [0.3, 0.4) is 0 Å². The summed E-state index contributed by atoms with van der Waals surface area (Å²) in [5, 5.41) is 8.67. The lowest BCUT2D eigenvalue weighted by Crippen LogP contribution is -2.13. The van der Waals surface area contributed by atoms with Gasteiger partial charge in [-0.3, -0.25) is 4.79 Å². The summed E-state index contributed by atoms with van der Waals surface area (Å²) in [4.78, 5) is 11.7. The van der Waals surface area contributed by atoms with Gasteiger partial charge < -0.3 is 5.73 Å².